The van der Waals surface area contributed by atoms with Gasteiger partial charge < -0.3 is 10.0 Å². The van der Waals surface area contributed by atoms with Crippen molar-refractivity contribution in [1.29, 1.82) is 0 Å². The number of nitrogens with zero attached hydrogens (tertiary/aromatic N) is 1. The van der Waals surface area contributed by atoms with Crippen molar-refractivity contribution in [2.24, 2.45) is 5.92 Å². The molecule has 3 nitrogen and oxygen atoms in total. The van der Waals surface area contributed by atoms with E-state index in [2.05, 4.69) is 13.8 Å². The fourth-order valence-electron chi connectivity index (χ4n) is 2.24. The van der Waals surface area contributed by atoms with Crippen LogP contribution in [0.25, 0.3) is 0 Å². The zero-order valence-corrected chi connectivity index (χ0v) is 10.6. The molecule has 1 aliphatic rings. The fourth-order valence-corrected chi connectivity index (χ4v) is 2.24. The third kappa shape index (κ3) is 4.52. The maximum absolute atomic E-state index is 11.8. The fraction of sp³-hybridized carbons (Fsp3) is 0.923. The van der Waals surface area contributed by atoms with Crippen LogP contribution < -0.4 is 0 Å². The second-order valence-electron chi connectivity index (χ2n) is 5.09. The van der Waals surface area contributed by atoms with Gasteiger partial charge in [0.2, 0.25) is 5.91 Å². The Labute approximate surface area is 98.8 Å². The first kappa shape index (κ1) is 13.5. The van der Waals surface area contributed by atoms with Crippen LogP contribution in [0.5, 0.6) is 0 Å². The summed E-state index contributed by atoms with van der Waals surface area (Å²) in [6.07, 6.45) is 5.98. The van der Waals surface area contributed by atoms with Gasteiger partial charge in [-0.2, -0.15) is 0 Å². The van der Waals surface area contributed by atoms with Crippen molar-refractivity contribution >= 4 is 5.91 Å². The van der Waals surface area contributed by atoms with Crippen molar-refractivity contribution < 1.29 is 9.90 Å². The van der Waals surface area contributed by atoms with Gasteiger partial charge in [0.05, 0.1) is 6.10 Å². The molecule has 0 aliphatic carbocycles. The molecular weight excluding hydrogens is 202 g/mol. The third-order valence-electron chi connectivity index (χ3n) is 3.34. The predicted molar refractivity (Wildman–Crippen MR) is 65.1 cm³/mol. The average Bonchev–Trinajstić information content (AvgIpc) is 2.65. The molecule has 1 aliphatic heterocycles. The molecule has 0 aromatic carbocycles. The molecule has 1 rings (SSSR count). The van der Waals surface area contributed by atoms with Gasteiger partial charge in [-0.05, 0) is 12.3 Å². The van der Waals surface area contributed by atoms with E-state index in [1.165, 1.54) is 19.3 Å². The highest BCUT2D eigenvalue weighted by Crippen LogP contribution is 2.17. The maximum Gasteiger partial charge on any atom is 0.222 e. The minimum Gasteiger partial charge on any atom is -0.391 e. The van der Waals surface area contributed by atoms with E-state index in [1.54, 1.807) is 4.90 Å². The summed E-state index contributed by atoms with van der Waals surface area (Å²) in [5.41, 5.74) is 0. The van der Waals surface area contributed by atoms with Crippen LogP contribution in [-0.4, -0.2) is 35.1 Å². The molecule has 0 bridgehead atoms. The summed E-state index contributed by atoms with van der Waals surface area (Å²) in [6, 6.07) is 0. The predicted octanol–water partition coefficient (Wildman–Crippen LogP) is 2.19. The van der Waals surface area contributed by atoms with Crippen LogP contribution in [0, 0.1) is 5.92 Å². The molecule has 1 saturated heterocycles. The zero-order chi connectivity index (χ0) is 12.0. The number of amides is 1. The molecule has 0 saturated carbocycles. The molecule has 0 aromatic heterocycles. The Morgan fingerprint density at radius 3 is 2.81 bits per heavy atom. The molecule has 1 unspecified atom stereocenters. The van der Waals surface area contributed by atoms with Crippen LogP contribution in [0.15, 0.2) is 0 Å². The van der Waals surface area contributed by atoms with Gasteiger partial charge >= 0.3 is 0 Å². The summed E-state index contributed by atoms with van der Waals surface area (Å²) in [5.74, 6) is 0.706. The van der Waals surface area contributed by atoms with Gasteiger partial charge in [-0.1, -0.05) is 39.5 Å². The summed E-state index contributed by atoms with van der Waals surface area (Å²) >= 11 is 0. The van der Waals surface area contributed by atoms with E-state index in [4.69, 9.17) is 0 Å². The summed E-state index contributed by atoms with van der Waals surface area (Å²) in [6.45, 7) is 5.63. The highest BCUT2D eigenvalue weighted by Gasteiger charge is 2.25. The molecule has 3 heteroatoms. The number of aliphatic hydroxyl groups excluding tert-OH is 1. The lowest BCUT2D eigenvalue weighted by Gasteiger charge is -2.18. The number of carbonyl (C=O) groups excluding carboxylic acids is 1. The van der Waals surface area contributed by atoms with Crippen LogP contribution in [-0.2, 0) is 4.79 Å². The number of likely N-dealkylation sites (tertiary alicyclic amines) is 1. The highest BCUT2D eigenvalue weighted by atomic mass is 16.3. The summed E-state index contributed by atoms with van der Waals surface area (Å²) < 4.78 is 0. The van der Waals surface area contributed by atoms with Crippen molar-refractivity contribution in [3.63, 3.8) is 0 Å². The zero-order valence-electron chi connectivity index (χ0n) is 10.6. The first-order valence-corrected chi connectivity index (χ1v) is 6.59. The van der Waals surface area contributed by atoms with Crippen molar-refractivity contribution in [2.45, 2.75) is 58.5 Å². The number of rotatable bonds is 6. The lowest BCUT2D eigenvalue weighted by molar-refractivity contribution is -0.131. The minimum atomic E-state index is -0.292. The lowest BCUT2D eigenvalue weighted by Crippen LogP contribution is -2.30. The van der Waals surface area contributed by atoms with E-state index in [9.17, 15) is 9.90 Å². The topological polar surface area (TPSA) is 40.5 Å². The van der Waals surface area contributed by atoms with Gasteiger partial charge in [0.25, 0.3) is 0 Å². The van der Waals surface area contributed by atoms with Gasteiger partial charge in [-0.3, -0.25) is 4.79 Å². The Morgan fingerprint density at radius 2 is 2.25 bits per heavy atom. The first-order valence-electron chi connectivity index (χ1n) is 6.59. The van der Waals surface area contributed by atoms with Gasteiger partial charge in [-0.25, -0.2) is 0 Å². The van der Waals surface area contributed by atoms with Gasteiger partial charge in [0.15, 0.2) is 0 Å². The van der Waals surface area contributed by atoms with Crippen molar-refractivity contribution in [1.82, 2.24) is 4.90 Å². The van der Waals surface area contributed by atoms with Gasteiger partial charge in [0.1, 0.15) is 0 Å². The number of β-amino-alcohol motifs (C(OH)–C–C–N with tert-alkyl or cyclic N) is 1. The van der Waals surface area contributed by atoms with E-state index >= 15 is 0 Å². The van der Waals surface area contributed by atoms with Crippen LogP contribution in [0.4, 0.5) is 0 Å². The molecule has 2 atom stereocenters. The Kier molecular flexibility index (Phi) is 5.81. The van der Waals surface area contributed by atoms with Gasteiger partial charge in [-0.15, -0.1) is 0 Å². The van der Waals surface area contributed by atoms with Crippen LogP contribution in [0.2, 0.25) is 0 Å². The molecule has 0 spiro atoms. The number of unbranched alkanes of at least 4 members (excludes halogenated alkanes) is 2. The molecule has 16 heavy (non-hydrogen) atoms. The Bertz CT molecular complexity index is 218. The Morgan fingerprint density at radius 1 is 1.50 bits per heavy atom. The normalized spacial score (nSPS) is 22.4. The number of carbonyl (C=O) groups is 1. The molecule has 0 radical (unpaired) electrons. The first-order chi connectivity index (χ1) is 7.63. The Hall–Kier alpha value is -0.570. The maximum atomic E-state index is 11.8. The quantitative estimate of drug-likeness (QED) is 0.707. The van der Waals surface area contributed by atoms with Crippen molar-refractivity contribution in [3.05, 3.63) is 0 Å². The molecule has 1 amide bonds. The molecule has 1 fully saturated rings. The van der Waals surface area contributed by atoms with E-state index in [0.717, 1.165) is 19.4 Å². The third-order valence-corrected chi connectivity index (χ3v) is 3.34. The molecular formula is C13H25NO2. The molecule has 94 valence electrons. The van der Waals surface area contributed by atoms with E-state index in [0.29, 0.717) is 18.9 Å². The second kappa shape index (κ2) is 6.89. The van der Waals surface area contributed by atoms with E-state index in [-0.39, 0.29) is 12.0 Å². The van der Waals surface area contributed by atoms with Crippen molar-refractivity contribution in [3.8, 4) is 0 Å². The number of hydrogen-bond acceptors (Lipinski definition) is 2. The van der Waals surface area contributed by atoms with E-state index < -0.39 is 0 Å². The Balaban J connectivity index is 2.17. The number of aliphatic hydroxyl groups is 1. The van der Waals surface area contributed by atoms with Crippen LogP contribution in [0.1, 0.15) is 52.4 Å². The molecule has 1 heterocycles. The number of hydrogen-bond donors (Lipinski definition) is 1. The summed E-state index contributed by atoms with van der Waals surface area (Å²) in [5, 5.41) is 9.36. The average molecular weight is 227 g/mol. The van der Waals surface area contributed by atoms with Crippen LogP contribution >= 0.6 is 0 Å². The largest absolute Gasteiger partial charge is 0.391 e. The minimum absolute atomic E-state index is 0.223. The lowest BCUT2D eigenvalue weighted by atomic mass is 9.99. The SMILES string of the molecule is CCCCCC(C)CC(=O)N1CC[C@@H](O)C1. The highest BCUT2D eigenvalue weighted by molar-refractivity contribution is 5.76. The second-order valence-corrected chi connectivity index (χ2v) is 5.09. The molecule has 1 N–H and O–H groups in total. The van der Waals surface area contributed by atoms with Gasteiger partial charge in [0, 0.05) is 19.5 Å². The monoisotopic (exact) mass is 227 g/mol. The summed E-state index contributed by atoms with van der Waals surface area (Å²) in [7, 11) is 0. The smallest absolute Gasteiger partial charge is 0.222 e. The van der Waals surface area contributed by atoms with E-state index in [1.807, 2.05) is 0 Å². The van der Waals surface area contributed by atoms with Crippen LogP contribution in [0.3, 0.4) is 0 Å². The summed E-state index contributed by atoms with van der Waals surface area (Å²) in [4.78, 5) is 13.7. The van der Waals surface area contributed by atoms with Crippen molar-refractivity contribution in [2.75, 3.05) is 13.1 Å². The standard InChI is InChI=1S/C13H25NO2/c1-3-4-5-6-11(2)9-13(16)14-8-7-12(15)10-14/h11-12,15H,3-10H2,1-2H3/t11?,12-/m1/s1. The molecule has 0 aromatic rings.